The first-order valence-electron chi connectivity index (χ1n) is 10.8. The summed E-state index contributed by atoms with van der Waals surface area (Å²) in [6.45, 7) is 9.52. The predicted octanol–water partition coefficient (Wildman–Crippen LogP) is 2.54. The van der Waals surface area contributed by atoms with E-state index in [0.29, 0.717) is 18.6 Å². The highest BCUT2D eigenvalue weighted by Gasteiger charge is 2.32. The van der Waals surface area contributed by atoms with Crippen molar-refractivity contribution < 1.29 is 4.79 Å². The Morgan fingerprint density at radius 1 is 1.21 bits per heavy atom. The van der Waals surface area contributed by atoms with Crippen molar-refractivity contribution in [3.05, 3.63) is 36.3 Å². The van der Waals surface area contributed by atoms with Crippen molar-refractivity contribution in [1.82, 2.24) is 24.5 Å². The van der Waals surface area contributed by atoms with Gasteiger partial charge in [0.05, 0.1) is 24.4 Å². The van der Waals surface area contributed by atoms with Crippen LogP contribution in [0.4, 0.5) is 0 Å². The number of likely N-dealkylation sites (tertiary alicyclic amines) is 2. The Labute approximate surface area is 167 Å². The van der Waals surface area contributed by atoms with E-state index in [-0.39, 0.29) is 11.8 Å². The van der Waals surface area contributed by atoms with E-state index in [1.165, 1.54) is 25.9 Å². The van der Waals surface area contributed by atoms with Gasteiger partial charge in [0.25, 0.3) is 0 Å². The lowest BCUT2D eigenvalue weighted by molar-refractivity contribution is -0.127. The van der Waals surface area contributed by atoms with Crippen LogP contribution in [0, 0.1) is 5.92 Å². The Morgan fingerprint density at radius 2 is 2.04 bits per heavy atom. The van der Waals surface area contributed by atoms with Gasteiger partial charge in [0.1, 0.15) is 5.65 Å². The topological polar surface area (TPSA) is 52.9 Å². The molecule has 1 N–H and O–H groups in total. The molecule has 4 rings (SSSR count). The molecule has 2 saturated heterocycles. The van der Waals surface area contributed by atoms with Gasteiger partial charge in [-0.1, -0.05) is 6.07 Å². The molecule has 2 aliphatic heterocycles. The van der Waals surface area contributed by atoms with Crippen molar-refractivity contribution >= 4 is 11.6 Å². The van der Waals surface area contributed by atoms with Crippen molar-refractivity contribution in [3.63, 3.8) is 0 Å². The lowest BCUT2D eigenvalue weighted by Crippen LogP contribution is -2.51. The maximum absolute atomic E-state index is 12.8. The molecular formula is C22H33N5O. The fourth-order valence-electron chi connectivity index (χ4n) is 4.76. The summed E-state index contributed by atoms with van der Waals surface area (Å²) in [6, 6.07) is 7.23. The highest BCUT2D eigenvalue weighted by molar-refractivity contribution is 5.79. The third kappa shape index (κ3) is 4.23. The van der Waals surface area contributed by atoms with E-state index >= 15 is 0 Å². The smallest absolute Gasteiger partial charge is 0.224 e. The Hall–Kier alpha value is -1.92. The first kappa shape index (κ1) is 19.4. The van der Waals surface area contributed by atoms with Crippen LogP contribution in [0.5, 0.6) is 0 Å². The molecule has 0 unspecified atom stereocenters. The van der Waals surface area contributed by atoms with Crippen LogP contribution in [0.2, 0.25) is 0 Å². The number of nitrogens with zero attached hydrogens (tertiary/aromatic N) is 4. The number of hydrogen-bond donors (Lipinski definition) is 1. The summed E-state index contributed by atoms with van der Waals surface area (Å²) >= 11 is 0. The monoisotopic (exact) mass is 383 g/mol. The van der Waals surface area contributed by atoms with E-state index < -0.39 is 0 Å². The molecular weight excluding hydrogens is 350 g/mol. The summed E-state index contributed by atoms with van der Waals surface area (Å²) < 4.78 is 2.04. The minimum Gasteiger partial charge on any atom is -0.350 e. The number of hydrogen-bond acceptors (Lipinski definition) is 4. The summed E-state index contributed by atoms with van der Waals surface area (Å²) in [6.07, 6.45) is 8.43. The second-order valence-corrected chi connectivity index (χ2v) is 8.59. The first-order valence-corrected chi connectivity index (χ1v) is 10.8. The van der Waals surface area contributed by atoms with Crippen LogP contribution in [-0.4, -0.2) is 63.4 Å². The van der Waals surface area contributed by atoms with Crippen LogP contribution < -0.4 is 5.32 Å². The highest BCUT2D eigenvalue weighted by Crippen LogP contribution is 2.24. The average Bonchev–Trinajstić information content (AvgIpc) is 3.15. The highest BCUT2D eigenvalue weighted by atomic mass is 16.1. The molecule has 0 saturated carbocycles. The number of fused-ring (bicyclic) bond motifs is 1. The van der Waals surface area contributed by atoms with Gasteiger partial charge in [-0.05, 0) is 71.3 Å². The number of carbonyl (C=O) groups excluding carboxylic acids is 1. The Kier molecular flexibility index (Phi) is 5.97. The molecule has 152 valence electrons. The fourth-order valence-corrected chi connectivity index (χ4v) is 4.76. The fraction of sp³-hybridized carbons (Fsp3) is 0.636. The molecule has 6 heteroatoms. The number of aromatic nitrogens is 2. The van der Waals surface area contributed by atoms with Gasteiger partial charge in [0.2, 0.25) is 5.91 Å². The van der Waals surface area contributed by atoms with E-state index in [4.69, 9.17) is 0 Å². The lowest BCUT2D eigenvalue weighted by atomic mass is 9.93. The van der Waals surface area contributed by atoms with Gasteiger partial charge in [0, 0.05) is 24.8 Å². The Bertz CT molecular complexity index is 793. The molecule has 0 aliphatic carbocycles. The molecule has 6 nitrogen and oxygen atoms in total. The van der Waals surface area contributed by atoms with Gasteiger partial charge in [-0.2, -0.15) is 0 Å². The van der Waals surface area contributed by atoms with Gasteiger partial charge in [0.15, 0.2) is 0 Å². The molecule has 4 heterocycles. The van der Waals surface area contributed by atoms with Crippen LogP contribution in [0.3, 0.4) is 0 Å². The summed E-state index contributed by atoms with van der Waals surface area (Å²) in [4.78, 5) is 22.4. The molecule has 2 fully saturated rings. The maximum atomic E-state index is 12.8. The molecule has 1 atom stereocenters. The van der Waals surface area contributed by atoms with Gasteiger partial charge in [-0.3, -0.25) is 9.69 Å². The zero-order chi connectivity index (χ0) is 19.5. The van der Waals surface area contributed by atoms with Crippen LogP contribution in [0.1, 0.15) is 45.2 Å². The van der Waals surface area contributed by atoms with Crippen LogP contribution in [-0.2, 0) is 11.3 Å². The Morgan fingerprint density at radius 3 is 2.82 bits per heavy atom. The zero-order valence-electron chi connectivity index (χ0n) is 17.2. The van der Waals surface area contributed by atoms with Gasteiger partial charge >= 0.3 is 0 Å². The SMILES string of the molecule is CC(C)N1CCC(N2CCC[C@@H](C(=O)NCc3cnc4ccccn34)C2)CC1. The summed E-state index contributed by atoms with van der Waals surface area (Å²) in [5.74, 6) is 0.297. The number of piperidine rings is 2. The van der Waals surface area contributed by atoms with E-state index in [2.05, 4.69) is 33.9 Å². The number of pyridine rings is 1. The number of imidazole rings is 1. The van der Waals surface area contributed by atoms with Crippen LogP contribution in [0.25, 0.3) is 5.65 Å². The minimum atomic E-state index is 0.107. The quantitative estimate of drug-likeness (QED) is 0.862. The van der Waals surface area contributed by atoms with E-state index in [1.807, 2.05) is 35.0 Å². The lowest BCUT2D eigenvalue weighted by Gasteiger charge is -2.43. The van der Waals surface area contributed by atoms with Crippen molar-refractivity contribution in [1.29, 1.82) is 0 Å². The van der Waals surface area contributed by atoms with Crippen molar-refractivity contribution in [3.8, 4) is 0 Å². The number of rotatable bonds is 5. The molecule has 28 heavy (non-hydrogen) atoms. The first-order chi connectivity index (χ1) is 13.6. The number of nitrogens with one attached hydrogen (secondary N) is 1. The van der Waals surface area contributed by atoms with E-state index in [9.17, 15) is 4.79 Å². The van der Waals surface area contributed by atoms with Crippen molar-refractivity contribution in [2.45, 2.75) is 58.2 Å². The van der Waals surface area contributed by atoms with E-state index in [1.54, 1.807) is 0 Å². The average molecular weight is 384 g/mol. The second kappa shape index (κ2) is 8.62. The van der Waals surface area contributed by atoms with Crippen LogP contribution >= 0.6 is 0 Å². The zero-order valence-corrected chi connectivity index (χ0v) is 17.2. The molecule has 2 aromatic rings. The molecule has 0 spiro atoms. The van der Waals surface area contributed by atoms with Gasteiger partial charge < -0.3 is 14.6 Å². The normalized spacial score (nSPS) is 22.8. The predicted molar refractivity (Wildman–Crippen MR) is 111 cm³/mol. The summed E-state index contributed by atoms with van der Waals surface area (Å²) in [7, 11) is 0. The number of amides is 1. The summed E-state index contributed by atoms with van der Waals surface area (Å²) in [5, 5.41) is 3.16. The van der Waals surface area contributed by atoms with Gasteiger partial charge in [-0.25, -0.2) is 4.98 Å². The van der Waals surface area contributed by atoms with Crippen molar-refractivity contribution in [2.24, 2.45) is 5.92 Å². The Balaban J connectivity index is 1.30. The largest absolute Gasteiger partial charge is 0.350 e. The second-order valence-electron chi connectivity index (χ2n) is 8.59. The molecule has 0 bridgehead atoms. The third-order valence-corrected chi connectivity index (χ3v) is 6.51. The van der Waals surface area contributed by atoms with Gasteiger partial charge in [-0.15, -0.1) is 0 Å². The molecule has 2 aliphatic rings. The molecule has 2 aromatic heterocycles. The minimum absolute atomic E-state index is 0.107. The number of carbonyl (C=O) groups is 1. The standard InChI is InChI=1S/C22H33N5O/c1-17(2)25-12-8-19(9-13-25)26-10-5-6-18(16-26)22(28)24-15-20-14-23-21-7-3-4-11-27(20)21/h3-4,7,11,14,17-19H,5-6,8-10,12-13,15-16H2,1-2H3,(H,24,28)/t18-/m1/s1. The van der Waals surface area contributed by atoms with E-state index in [0.717, 1.165) is 37.3 Å². The molecule has 1 amide bonds. The molecule has 0 radical (unpaired) electrons. The summed E-state index contributed by atoms with van der Waals surface area (Å²) in [5.41, 5.74) is 1.95. The maximum Gasteiger partial charge on any atom is 0.224 e. The van der Waals surface area contributed by atoms with Crippen LogP contribution in [0.15, 0.2) is 30.6 Å². The molecule has 0 aromatic carbocycles. The third-order valence-electron chi connectivity index (χ3n) is 6.51. The van der Waals surface area contributed by atoms with Crippen molar-refractivity contribution in [2.75, 3.05) is 26.2 Å².